The van der Waals surface area contributed by atoms with Gasteiger partial charge in [0, 0.05) is 56.4 Å². The molecule has 29 heavy (non-hydrogen) atoms. The summed E-state index contributed by atoms with van der Waals surface area (Å²) in [4.78, 5) is 9.34. The van der Waals surface area contributed by atoms with Crippen LogP contribution in [0.4, 0.5) is 8.78 Å². The van der Waals surface area contributed by atoms with Gasteiger partial charge in [-0.1, -0.05) is 18.5 Å². The molecule has 6 nitrogen and oxygen atoms in total. The minimum atomic E-state index is -2.89. The molecule has 0 radical (unpaired) electrons. The summed E-state index contributed by atoms with van der Waals surface area (Å²) in [6.45, 7) is 8.39. The fourth-order valence-electron chi connectivity index (χ4n) is 3.20. The van der Waals surface area contributed by atoms with Gasteiger partial charge in [0.05, 0.1) is 6.54 Å². The number of likely N-dealkylation sites (N-methyl/N-ethyl adjacent to an activating group) is 1. The van der Waals surface area contributed by atoms with E-state index in [1.165, 1.54) is 12.1 Å². The fourth-order valence-corrected chi connectivity index (χ4v) is 3.39. The van der Waals surface area contributed by atoms with Crippen LogP contribution in [0.15, 0.2) is 23.2 Å². The van der Waals surface area contributed by atoms with Crippen molar-refractivity contribution in [2.45, 2.75) is 27.0 Å². The van der Waals surface area contributed by atoms with Crippen molar-refractivity contribution in [1.82, 2.24) is 20.4 Å². The van der Waals surface area contributed by atoms with E-state index in [-0.39, 0.29) is 12.3 Å². The van der Waals surface area contributed by atoms with Gasteiger partial charge in [-0.25, -0.2) is 4.99 Å². The van der Waals surface area contributed by atoms with Gasteiger partial charge in [0.2, 0.25) is 0 Å². The van der Waals surface area contributed by atoms with Crippen LogP contribution in [0, 0.1) is 5.92 Å². The normalized spacial score (nSPS) is 17.4. The smallest absolute Gasteiger partial charge is 0.387 e. The maximum atomic E-state index is 12.6. The number of hydrogen-bond acceptors (Lipinski definition) is 4. The number of hydrogen-bond donors (Lipinski definition) is 2. The summed E-state index contributed by atoms with van der Waals surface area (Å²) in [7, 11) is 2.15. The molecule has 1 aromatic carbocycles. The van der Waals surface area contributed by atoms with Gasteiger partial charge >= 0.3 is 6.61 Å². The summed E-state index contributed by atoms with van der Waals surface area (Å²) in [5.41, 5.74) is 0.514. The van der Waals surface area contributed by atoms with E-state index >= 15 is 0 Å². The Labute approximate surface area is 177 Å². The number of benzene rings is 1. The predicted molar refractivity (Wildman–Crippen MR) is 114 cm³/mol. The zero-order valence-electron chi connectivity index (χ0n) is 17.4. The number of nitrogens with zero attached hydrogens (tertiary/aromatic N) is 3. The van der Waals surface area contributed by atoms with Crippen molar-refractivity contribution in [2.75, 3.05) is 52.9 Å². The summed E-state index contributed by atoms with van der Waals surface area (Å²) in [6.07, 6.45) is 0. The molecule has 164 valence electrons. The average molecular weight is 432 g/mol. The van der Waals surface area contributed by atoms with Gasteiger partial charge in [0.1, 0.15) is 5.75 Å². The van der Waals surface area contributed by atoms with Gasteiger partial charge in [-0.3, -0.25) is 0 Å². The SMILES string of the molecule is CCNC(=NCc1cc(Cl)ccc1OC(F)F)NCC(C)CN1CCN(C)CC1. The van der Waals surface area contributed by atoms with Crippen LogP contribution in [0.25, 0.3) is 0 Å². The number of nitrogens with one attached hydrogen (secondary N) is 2. The first kappa shape index (κ1) is 23.6. The summed E-state index contributed by atoms with van der Waals surface area (Å²) >= 11 is 6.00. The van der Waals surface area contributed by atoms with Crippen LogP contribution in [0.1, 0.15) is 19.4 Å². The van der Waals surface area contributed by atoms with Crippen molar-refractivity contribution >= 4 is 17.6 Å². The largest absolute Gasteiger partial charge is 0.434 e. The molecule has 1 unspecified atom stereocenters. The van der Waals surface area contributed by atoms with Gasteiger partial charge in [-0.2, -0.15) is 8.78 Å². The molecule has 2 N–H and O–H groups in total. The number of piperazine rings is 1. The number of halogens is 3. The van der Waals surface area contributed by atoms with Crippen LogP contribution >= 0.6 is 11.6 Å². The van der Waals surface area contributed by atoms with E-state index in [0.717, 1.165) is 39.3 Å². The molecule has 1 fully saturated rings. The number of ether oxygens (including phenoxy) is 1. The Bertz CT molecular complexity index is 654. The molecule has 0 bridgehead atoms. The first-order chi connectivity index (χ1) is 13.9. The van der Waals surface area contributed by atoms with Crippen molar-refractivity contribution in [3.8, 4) is 5.75 Å². The van der Waals surface area contributed by atoms with E-state index in [0.29, 0.717) is 29.0 Å². The minimum Gasteiger partial charge on any atom is -0.434 e. The molecular formula is C20H32ClF2N5O. The minimum absolute atomic E-state index is 0.0902. The molecule has 1 atom stereocenters. The standard InChI is InChI=1S/C20H32ClF2N5O/c1-4-24-20(25-12-15(2)14-28-9-7-27(3)8-10-28)26-13-16-11-17(21)5-6-18(16)29-19(22)23/h5-6,11,15,19H,4,7-10,12-14H2,1-3H3,(H2,24,25,26). The molecule has 0 spiro atoms. The predicted octanol–water partition coefficient (Wildman–Crippen LogP) is 2.88. The van der Waals surface area contributed by atoms with E-state index in [1.807, 2.05) is 6.92 Å². The van der Waals surface area contributed by atoms with Crippen LogP contribution in [-0.4, -0.2) is 75.2 Å². The first-order valence-corrected chi connectivity index (χ1v) is 10.4. The molecule has 1 heterocycles. The van der Waals surface area contributed by atoms with E-state index < -0.39 is 6.61 Å². The molecule has 1 aliphatic rings. The molecule has 0 amide bonds. The van der Waals surface area contributed by atoms with Gasteiger partial charge < -0.3 is 25.2 Å². The van der Waals surface area contributed by atoms with E-state index in [4.69, 9.17) is 11.6 Å². The summed E-state index contributed by atoms with van der Waals surface area (Å²) in [6, 6.07) is 4.57. The summed E-state index contributed by atoms with van der Waals surface area (Å²) < 4.78 is 29.8. The zero-order chi connectivity index (χ0) is 21.2. The third-order valence-electron chi connectivity index (χ3n) is 4.77. The van der Waals surface area contributed by atoms with E-state index in [9.17, 15) is 8.78 Å². The molecule has 2 rings (SSSR count). The lowest BCUT2D eigenvalue weighted by atomic mass is 10.1. The van der Waals surface area contributed by atoms with Crippen LogP contribution in [-0.2, 0) is 6.54 Å². The van der Waals surface area contributed by atoms with Crippen LogP contribution in [0.5, 0.6) is 5.75 Å². The molecule has 9 heteroatoms. The highest BCUT2D eigenvalue weighted by Gasteiger charge is 2.16. The van der Waals surface area contributed by atoms with E-state index in [1.54, 1.807) is 6.07 Å². The second-order valence-electron chi connectivity index (χ2n) is 7.42. The summed E-state index contributed by atoms with van der Waals surface area (Å²) in [5, 5.41) is 6.99. The number of aliphatic imine (C=N–C) groups is 1. The van der Waals surface area contributed by atoms with Crippen LogP contribution in [0.3, 0.4) is 0 Å². The molecule has 0 aromatic heterocycles. The van der Waals surface area contributed by atoms with Crippen molar-refractivity contribution in [3.63, 3.8) is 0 Å². The summed E-state index contributed by atoms with van der Waals surface area (Å²) in [5.74, 6) is 1.18. The Morgan fingerprint density at radius 2 is 1.97 bits per heavy atom. The molecule has 1 aliphatic heterocycles. The number of alkyl halides is 2. The molecule has 1 saturated heterocycles. The highest BCUT2D eigenvalue weighted by atomic mass is 35.5. The van der Waals surface area contributed by atoms with Crippen LogP contribution < -0.4 is 15.4 Å². The van der Waals surface area contributed by atoms with Gasteiger partial charge in [-0.15, -0.1) is 0 Å². The zero-order valence-corrected chi connectivity index (χ0v) is 18.2. The Hall–Kier alpha value is -1.64. The second-order valence-corrected chi connectivity index (χ2v) is 7.85. The second kappa shape index (κ2) is 12.1. The van der Waals surface area contributed by atoms with Crippen LogP contribution in [0.2, 0.25) is 5.02 Å². The van der Waals surface area contributed by atoms with Gasteiger partial charge in [0.25, 0.3) is 0 Å². The van der Waals surface area contributed by atoms with Crippen molar-refractivity contribution < 1.29 is 13.5 Å². The Morgan fingerprint density at radius 1 is 1.24 bits per heavy atom. The number of guanidine groups is 1. The van der Waals surface area contributed by atoms with Crippen molar-refractivity contribution in [2.24, 2.45) is 10.9 Å². The molecule has 1 aromatic rings. The Morgan fingerprint density at radius 3 is 2.62 bits per heavy atom. The third-order valence-corrected chi connectivity index (χ3v) is 5.01. The molecule has 0 saturated carbocycles. The topological polar surface area (TPSA) is 52.1 Å². The van der Waals surface area contributed by atoms with E-state index in [2.05, 4.69) is 44.1 Å². The maximum absolute atomic E-state index is 12.6. The average Bonchev–Trinajstić information content (AvgIpc) is 2.67. The molecule has 0 aliphatic carbocycles. The number of rotatable bonds is 9. The first-order valence-electron chi connectivity index (χ1n) is 10.0. The maximum Gasteiger partial charge on any atom is 0.387 e. The lowest BCUT2D eigenvalue weighted by Crippen LogP contribution is -2.47. The Balaban J connectivity index is 1.91. The fraction of sp³-hybridized carbons (Fsp3) is 0.650. The lowest BCUT2D eigenvalue weighted by molar-refractivity contribution is -0.0504. The quantitative estimate of drug-likeness (QED) is 0.465. The van der Waals surface area contributed by atoms with Crippen molar-refractivity contribution in [1.29, 1.82) is 0 Å². The third kappa shape index (κ3) is 8.72. The van der Waals surface area contributed by atoms with Gasteiger partial charge in [0.15, 0.2) is 5.96 Å². The lowest BCUT2D eigenvalue weighted by Gasteiger charge is -2.34. The monoisotopic (exact) mass is 431 g/mol. The highest BCUT2D eigenvalue weighted by Crippen LogP contribution is 2.25. The highest BCUT2D eigenvalue weighted by molar-refractivity contribution is 6.30. The van der Waals surface area contributed by atoms with Crippen molar-refractivity contribution in [3.05, 3.63) is 28.8 Å². The Kier molecular flexibility index (Phi) is 9.90. The van der Waals surface area contributed by atoms with Gasteiger partial charge in [-0.05, 0) is 38.1 Å². The molecular weight excluding hydrogens is 400 g/mol.